The van der Waals surface area contributed by atoms with Crippen LogP contribution in [0, 0.1) is 36.3 Å². The van der Waals surface area contributed by atoms with E-state index in [-0.39, 0.29) is 6.04 Å². The fourth-order valence-corrected chi connectivity index (χ4v) is 3.88. The van der Waals surface area contributed by atoms with Crippen molar-refractivity contribution in [1.82, 2.24) is 0 Å². The number of hydrogen-bond donors (Lipinski definition) is 1. The van der Waals surface area contributed by atoms with Crippen LogP contribution in [0.25, 0.3) is 0 Å². The second-order valence-corrected chi connectivity index (χ2v) is 5.96. The van der Waals surface area contributed by atoms with Gasteiger partial charge in [-0.25, -0.2) is 8.78 Å². The minimum absolute atomic E-state index is 0.334. The molecule has 98 valence electrons. The summed E-state index contributed by atoms with van der Waals surface area (Å²) < 4.78 is 27.5. The van der Waals surface area contributed by atoms with Crippen LogP contribution >= 0.6 is 0 Å². The molecular formula is C15H19F2N. The zero-order chi connectivity index (χ0) is 12.9. The first kappa shape index (κ1) is 12.1. The molecule has 2 N–H and O–H groups in total. The van der Waals surface area contributed by atoms with Crippen LogP contribution < -0.4 is 5.73 Å². The molecule has 0 radical (unpaired) electrons. The van der Waals surface area contributed by atoms with E-state index in [1.54, 1.807) is 19.1 Å². The Labute approximate surface area is 106 Å². The van der Waals surface area contributed by atoms with E-state index < -0.39 is 11.6 Å². The summed E-state index contributed by atoms with van der Waals surface area (Å²) in [5.41, 5.74) is 6.90. The molecule has 4 unspecified atom stereocenters. The van der Waals surface area contributed by atoms with Gasteiger partial charge in [-0.05, 0) is 49.5 Å². The zero-order valence-corrected chi connectivity index (χ0v) is 10.6. The number of rotatable bonds is 2. The van der Waals surface area contributed by atoms with Crippen LogP contribution in [-0.4, -0.2) is 0 Å². The molecule has 0 amide bonds. The van der Waals surface area contributed by atoms with E-state index in [1.807, 2.05) is 0 Å². The monoisotopic (exact) mass is 251 g/mol. The molecule has 1 nitrogen and oxygen atoms in total. The number of halogens is 2. The van der Waals surface area contributed by atoms with Gasteiger partial charge in [0.1, 0.15) is 0 Å². The van der Waals surface area contributed by atoms with Crippen molar-refractivity contribution in [1.29, 1.82) is 0 Å². The Morgan fingerprint density at radius 2 is 1.94 bits per heavy atom. The van der Waals surface area contributed by atoms with E-state index in [0.29, 0.717) is 23.0 Å². The minimum Gasteiger partial charge on any atom is -0.324 e. The molecule has 2 fully saturated rings. The smallest absolute Gasteiger partial charge is 0.163 e. The van der Waals surface area contributed by atoms with Gasteiger partial charge in [0.15, 0.2) is 11.6 Å². The summed E-state index contributed by atoms with van der Waals surface area (Å²) in [4.78, 5) is 0. The predicted octanol–water partition coefficient (Wildman–Crippen LogP) is 3.71. The third-order valence-electron chi connectivity index (χ3n) is 4.92. The van der Waals surface area contributed by atoms with Crippen LogP contribution in [0.1, 0.15) is 42.9 Å². The molecule has 18 heavy (non-hydrogen) atoms. The molecule has 0 spiro atoms. The highest BCUT2D eigenvalue weighted by Crippen LogP contribution is 2.52. The number of nitrogens with two attached hydrogens (primary N) is 1. The lowest BCUT2D eigenvalue weighted by atomic mass is 9.80. The Hall–Kier alpha value is -0.960. The quantitative estimate of drug-likeness (QED) is 0.852. The summed E-state index contributed by atoms with van der Waals surface area (Å²) in [7, 11) is 0. The molecule has 4 atom stereocenters. The fraction of sp³-hybridized carbons (Fsp3) is 0.600. The Balaban J connectivity index is 1.89. The SMILES string of the molecule is Cc1ccc(C(N)C2CC3CCC2C3)c(F)c1F. The van der Waals surface area contributed by atoms with E-state index in [1.165, 1.54) is 19.3 Å². The first-order chi connectivity index (χ1) is 8.58. The molecule has 0 heterocycles. The predicted molar refractivity (Wildman–Crippen MR) is 67.0 cm³/mol. The second kappa shape index (κ2) is 4.30. The third-order valence-corrected chi connectivity index (χ3v) is 4.92. The molecule has 0 aliphatic heterocycles. The summed E-state index contributed by atoms with van der Waals surface area (Å²) in [6.07, 6.45) is 4.81. The normalized spacial score (nSPS) is 31.9. The largest absolute Gasteiger partial charge is 0.324 e. The van der Waals surface area contributed by atoms with Crippen molar-refractivity contribution in [2.24, 2.45) is 23.5 Å². The van der Waals surface area contributed by atoms with Gasteiger partial charge in [0, 0.05) is 11.6 Å². The molecule has 0 saturated heterocycles. The maximum Gasteiger partial charge on any atom is 0.163 e. The van der Waals surface area contributed by atoms with Gasteiger partial charge in [0.05, 0.1) is 0 Å². The third kappa shape index (κ3) is 1.76. The highest BCUT2D eigenvalue weighted by molar-refractivity contribution is 5.28. The maximum absolute atomic E-state index is 14.0. The van der Waals surface area contributed by atoms with Crippen LogP contribution in [0.15, 0.2) is 12.1 Å². The van der Waals surface area contributed by atoms with Crippen molar-refractivity contribution in [3.8, 4) is 0 Å². The Kier molecular flexibility index (Phi) is 2.89. The lowest BCUT2D eigenvalue weighted by Gasteiger charge is -2.28. The van der Waals surface area contributed by atoms with Crippen LogP contribution in [0.2, 0.25) is 0 Å². The number of aryl methyl sites for hydroxylation is 1. The van der Waals surface area contributed by atoms with Crippen molar-refractivity contribution in [3.05, 3.63) is 34.9 Å². The lowest BCUT2D eigenvalue weighted by molar-refractivity contribution is 0.279. The van der Waals surface area contributed by atoms with Gasteiger partial charge in [-0.3, -0.25) is 0 Å². The molecule has 2 aliphatic rings. The summed E-state index contributed by atoms with van der Waals surface area (Å²) in [6.45, 7) is 1.57. The highest BCUT2D eigenvalue weighted by Gasteiger charge is 2.43. The number of fused-ring (bicyclic) bond motifs is 2. The summed E-state index contributed by atoms with van der Waals surface area (Å²) in [6, 6.07) is 2.93. The molecule has 1 aromatic rings. The minimum atomic E-state index is -0.745. The van der Waals surface area contributed by atoms with E-state index in [4.69, 9.17) is 5.73 Å². The Morgan fingerprint density at radius 3 is 2.56 bits per heavy atom. The molecule has 1 aromatic carbocycles. The Morgan fingerprint density at radius 1 is 1.17 bits per heavy atom. The standard InChI is InChI=1S/C15H19F2N/c1-8-2-5-11(14(17)13(8)16)15(18)12-7-9-3-4-10(12)6-9/h2,5,9-10,12,15H,3-4,6-7,18H2,1H3. The van der Waals surface area contributed by atoms with Gasteiger partial charge in [0.2, 0.25) is 0 Å². The van der Waals surface area contributed by atoms with Crippen LogP contribution in [-0.2, 0) is 0 Å². The van der Waals surface area contributed by atoms with Crippen molar-refractivity contribution >= 4 is 0 Å². The van der Waals surface area contributed by atoms with Gasteiger partial charge in [-0.1, -0.05) is 18.6 Å². The van der Waals surface area contributed by atoms with Crippen molar-refractivity contribution < 1.29 is 8.78 Å². The van der Waals surface area contributed by atoms with Gasteiger partial charge >= 0.3 is 0 Å². The van der Waals surface area contributed by atoms with Crippen LogP contribution in [0.5, 0.6) is 0 Å². The maximum atomic E-state index is 14.0. The number of hydrogen-bond acceptors (Lipinski definition) is 1. The summed E-state index contributed by atoms with van der Waals surface area (Å²) >= 11 is 0. The first-order valence-electron chi connectivity index (χ1n) is 6.78. The van der Waals surface area contributed by atoms with Crippen molar-refractivity contribution in [3.63, 3.8) is 0 Å². The number of benzene rings is 1. The van der Waals surface area contributed by atoms with E-state index >= 15 is 0 Å². The summed E-state index contributed by atoms with van der Waals surface area (Å²) in [5, 5.41) is 0. The zero-order valence-electron chi connectivity index (χ0n) is 10.6. The first-order valence-corrected chi connectivity index (χ1v) is 6.78. The Bertz CT molecular complexity index is 472. The average Bonchev–Trinajstić information content (AvgIpc) is 2.97. The van der Waals surface area contributed by atoms with E-state index in [2.05, 4.69) is 0 Å². The molecule has 3 heteroatoms. The van der Waals surface area contributed by atoms with E-state index in [9.17, 15) is 8.78 Å². The van der Waals surface area contributed by atoms with Crippen LogP contribution in [0.3, 0.4) is 0 Å². The van der Waals surface area contributed by atoms with Crippen molar-refractivity contribution in [2.75, 3.05) is 0 Å². The summed E-state index contributed by atoms with van der Waals surface area (Å²) in [5.74, 6) is 0.231. The fourth-order valence-electron chi connectivity index (χ4n) is 3.88. The van der Waals surface area contributed by atoms with Gasteiger partial charge < -0.3 is 5.73 Å². The molecular weight excluding hydrogens is 232 g/mol. The average molecular weight is 251 g/mol. The second-order valence-electron chi connectivity index (χ2n) is 5.96. The molecule has 2 aliphatic carbocycles. The van der Waals surface area contributed by atoms with E-state index in [0.717, 1.165) is 12.3 Å². The van der Waals surface area contributed by atoms with Gasteiger partial charge in [-0.15, -0.1) is 0 Å². The van der Waals surface area contributed by atoms with Gasteiger partial charge in [-0.2, -0.15) is 0 Å². The molecule has 3 rings (SSSR count). The molecule has 0 aromatic heterocycles. The van der Waals surface area contributed by atoms with Crippen LogP contribution in [0.4, 0.5) is 8.78 Å². The topological polar surface area (TPSA) is 26.0 Å². The lowest BCUT2D eigenvalue weighted by Crippen LogP contribution is -2.27. The van der Waals surface area contributed by atoms with Crippen molar-refractivity contribution in [2.45, 2.75) is 38.6 Å². The molecule has 2 saturated carbocycles. The highest BCUT2D eigenvalue weighted by atomic mass is 19.2. The van der Waals surface area contributed by atoms with Gasteiger partial charge in [0.25, 0.3) is 0 Å². The molecule has 2 bridgehead atoms.